The second-order valence-electron chi connectivity index (χ2n) is 5.15. The van der Waals surface area contributed by atoms with Crippen molar-refractivity contribution in [2.24, 2.45) is 0 Å². The molecule has 1 N–H and O–H groups in total. The van der Waals surface area contributed by atoms with E-state index in [2.05, 4.69) is 13.8 Å². The minimum Gasteiger partial charge on any atom is -0.491 e. The molecule has 1 aromatic carbocycles. The highest BCUT2D eigenvalue weighted by Crippen LogP contribution is 2.35. The molecule has 1 unspecified atom stereocenters. The van der Waals surface area contributed by atoms with Crippen molar-refractivity contribution in [2.45, 2.75) is 52.7 Å². The van der Waals surface area contributed by atoms with E-state index in [-0.39, 0.29) is 6.10 Å². The van der Waals surface area contributed by atoms with Crippen LogP contribution in [0.1, 0.15) is 46.1 Å². The van der Waals surface area contributed by atoms with Crippen LogP contribution in [0.25, 0.3) is 0 Å². The highest BCUT2D eigenvalue weighted by atomic mass is 16.5. The maximum absolute atomic E-state index is 9.30. The summed E-state index contributed by atoms with van der Waals surface area (Å²) < 4.78 is 11.5. The first-order valence-corrected chi connectivity index (χ1v) is 6.52. The molecular weight excluding hydrogens is 228 g/mol. The Bertz CT molecular complexity index is 370. The molecule has 0 saturated carbocycles. The van der Waals surface area contributed by atoms with Crippen LogP contribution in [0, 0.1) is 0 Å². The maximum atomic E-state index is 9.30. The summed E-state index contributed by atoms with van der Waals surface area (Å²) >= 11 is 0. The fraction of sp³-hybridized carbons (Fsp3) is 0.600. The fourth-order valence-electron chi connectivity index (χ4n) is 1.79. The molecule has 0 spiro atoms. The molecule has 3 nitrogen and oxygen atoms in total. The van der Waals surface area contributed by atoms with Gasteiger partial charge in [-0.25, -0.2) is 0 Å². The molecule has 0 saturated heterocycles. The molecule has 0 radical (unpaired) electrons. The largest absolute Gasteiger partial charge is 0.491 e. The maximum Gasteiger partial charge on any atom is 0.126 e. The normalized spacial score (nSPS) is 12.9. The lowest BCUT2D eigenvalue weighted by molar-refractivity contribution is 0.121. The summed E-state index contributed by atoms with van der Waals surface area (Å²) in [5.74, 6) is 1.97. The molecule has 3 heteroatoms. The van der Waals surface area contributed by atoms with E-state index in [1.807, 2.05) is 32.0 Å². The molecule has 0 bridgehead atoms. The Balaban J connectivity index is 3.01. The van der Waals surface area contributed by atoms with Crippen molar-refractivity contribution in [1.82, 2.24) is 0 Å². The van der Waals surface area contributed by atoms with Gasteiger partial charge in [0.05, 0.1) is 12.2 Å². The summed E-state index contributed by atoms with van der Waals surface area (Å²) in [4.78, 5) is 0. The third-order valence-electron chi connectivity index (χ3n) is 2.45. The number of hydrogen-bond donors (Lipinski definition) is 1. The summed E-state index contributed by atoms with van der Waals surface area (Å²) in [5.41, 5.74) is 1.06. The SMILES string of the molecule is CC(O)COc1cccc(OC(C)C)c1C(C)C. The van der Waals surface area contributed by atoms with Gasteiger partial charge in [-0.05, 0) is 38.8 Å². The molecule has 0 aliphatic heterocycles. The van der Waals surface area contributed by atoms with E-state index < -0.39 is 6.10 Å². The van der Waals surface area contributed by atoms with Crippen LogP contribution in [0.5, 0.6) is 11.5 Å². The minimum absolute atomic E-state index is 0.134. The topological polar surface area (TPSA) is 38.7 Å². The Morgan fingerprint density at radius 3 is 2.17 bits per heavy atom. The average Bonchev–Trinajstić information content (AvgIpc) is 2.25. The monoisotopic (exact) mass is 252 g/mol. The van der Waals surface area contributed by atoms with Crippen LogP contribution in [0.3, 0.4) is 0 Å². The summed E-state index contributed by atoms with van der Waals surface area (Å²) in [5, 5.41) is 9.30. The Labute approximate surface area is 110 Å². The van der Waals surface area contributed by atoms with Gasteiger partial charge in [0.15, 0.2) is 0 Å². The first kappa shape index (κ1) is 14.8. The van der Waals surface area contributed by atoms with Gasteiger partial charge in [-0.1, -0.05) is 19.9 Å². The number of rotatable bonds is 6. The number of aliphatic hydroxyl groups excluding tert-OH is 1. The molecule has 18 heavy (non-hydrogen) atoms. The lowest BCUT2D eigenvalue weighted by atomic mass is 10.0. The molecule has 1 aromatic rings. The number of benzene rings is 1. The van der Waals surface area contributed by atoms with Gasteiger partial charge in [0.25, 0.3) is 0 Å². The van der Waals surface area contributed by atoms with E-state index in [4.69, 9.17) is 9.47 Å². The first-order valence-electron chi connectivity index (χ1n) is 6.52. The van der Waals surface area contributed by atoms with Crippen molar-refractivity contribution < 1.29 is 14.6 Å². The Kier molecular flexibility index (Phi) is 5.48. The lowest BCUT2D eigenvalue weighted by Gasteiger charge is -2.20. The highest BCUT2D eigenvalue weighted by molar-refractivity contribution is 5.46. The zero-order valence-electron chi connectivity index (χ0n) is 11.9. The average molecular weight is 252 g/mol. The second-order valence-corrected chi connectivity index (χ2v) is 5.15. The van der Waals surface area contributed by atoms with E-state index in [0.717, 1.165) is 17.1 Å². The quantitative estimate of drug-likeness (QED) is 0.843. The molecule has 0 amide bonds. The van der Waals surface area contributed by atoms with Crippen LogP contribution in [-0.2, 0) is 0 Å². The van der Waals surface area contributed by atoms with Gasteiger partial charge < -0.3 is 14.6 Å². The third kappa shape index (κ3) is 4.22. The highest BCUT2D eigenvalue weighted by Gasteiger charge is 2.15. The molecule has 0 aromatic heterocycles. The van der Waals surface area contributed by atoms with Gasteiger partial charge in [-0.15, -0.1) is 0 Å². The van der Waals surface area contributed by atoms with Crippen LogP contribution >= 0.6 is 0 Å². The molecule has 0 heterocycles. The summed E-state index contributed by atoms with van der Waals surface area (Å²) in [6.07, 6.45) is -0.339. The predicted molar refractivity (Wildman–Crippen MR) is 73.5 cm³/mol. The van der Waals surface area contributed by atoms with Crippen LogP contribution in [0.4, 0.5) is 0 Å². The van der Waals surface area contributed by atoms with Crippen LogP contribution in [0.15, 0.2) is 18.2 Å². The van der Waals surface area contributed by atoms with E-state index in [0.29, 0.717) is 12.5 Å². The van der Waals surface area contributed by atoms with Crippen LogP contribution < -0.4 is 9.47 Å². The summed E-state index contributed by atoms with van der Waals surface area (Å²) in [7, 11) is 0. The Hall–Kier alpha value is -1.22. The van der Waals surface area contributed by atoms with Gasteiger partial charge in [0, 0.05) is 5.56 Å². The smallest absolute Gasteiger partial charge is 0.126 e. The van der Waals surface area contributed by atoms with Gasteiger partial charge in [0.1, 0.15) is 18.1 Å². The summed E-state index contributed by atoms with van der Waals surface area (Å²) in [6.45, 7) is 10.2. The van der Waals surface area contributed by atoms with Crippen molar-refractivity contribution in [1.29, 1.82) is 0 Å². The van der Waals surface area contributed by atoms with Crippen molar-refractivity contribution in [3.05, 3.63) is 23.8 Å². The lowest BCUT2D eigenvalue weighted by Crippen LogP contribution is -2.15. The van der Waals surface area contributed by atoms with Crippen LogP contribution in [0.2, 0.25) is 0 Å². The minimum atomic E-state index is -0.473. The molecule has 1 rings (SSSR count). The first-order chi connectivity index (χ1) is 8.41. The molecule has 102 valence electrons. The number of ether oxygens (including phenoxy) is 2. The van der Waals surface area contributed by atoms with Crippen molar-refractivity contribution in [3.8, 4) is 11.5 Å². The van der Waals surface area contributed by atoms with Gasteiger partial charge in [-0.3, -0.25) is 0 Å². The predicted octanol–water partition coefficient (Wildman–Crippen LogP) is 3.36. The molecule has 0 aliphatic rings. The molecule has 0 aliphatic carbocycles. The van der Waals surface area contributed by atoms with E-state index >= 15 is 0 Å². The second kappa shape index (κ2) is 6.64. The number of aliphatic hydroxyl groups is 1. The molecular formula is C15H24O3. The van der Waals surface area contributed by atoms with Gasteiger partial charge in [0.2, 0.25) is 0 Å². The fourth-order valence-corrected chi connectivity index (χ4v) is 1.79. The standard InChI is InChI=1S/C15H24O3/c1-10(2)15-13(17-9-12(5)16)7-6-8-14(15)18-11(3)4/h6-8,10-12,16H,9H2,1-5H3. The van der Waals surface area contributed by atoms with Crippen molar-refractivity contribution >= 4 is 0 Å². The molecule has 1 atom stereocenters. The van der Waals surface area contributed by atoms with E-state index in [1.54, 1.807) is 6.92 Å². The van der Waals surface area contributed by atoms with Gasteiger partial charge >= 0.3 is 0 Å². The third-order valence-corrected chi connectivity index (χ3v) is 2.45. The van der Waals surface area contributed by atoms with Gasteiger partial charge in [-0.2, -0.15) is 0 Å². The molecule has 0 fully saturated rings. The zero-order chi connectivity index (χ0) is 13.7. The van der Waals surface area contributed by atoms with E-state index in [1.165, 1.54) is 0 Å². The Morgan fingerprint density at radius 1 is 1.06 bits per heavy atom. The van der Waals surface area contributed by atoms with Crippen molar-refractivity contribution in [2.75, 3.05) is 6.61 Å². The van der Waals surface area contributed by atoms with Crippen LogP contribution in [-0.4, -0.2) is 23.9 Å². The number of hydrogen-bond acceptors (Lipinski definition) is 3. The Morgan fingerprint density at radius 2 is 1.67 bits per heavy atom. The van der Waals surface area contributed by atoms with E-state index in [9.17, 15) is 5.11 Å². The zero-order valence-corrected chi connectivity index (χ0v) is 11.9. The van der Waals surface area contributed by atoms with Crippen molar-refractivity contribution in [3.63, 3.8) is 0 Å². The summed E-state index contributed by atoms with van der Waals surface area (Å²) in [6, 6.07) is 5.80.